The van der Waals surface area contributed by atoms with Gasteiger partial charge in [-0.2, -0.15) is 0 Å². The van der Waals surface area contributed by atoms with E-state index >= 15 is 0 Å². The maximum absolute atomic E-state index is 14.3. The van der Waals surface area contributed by atoms with Gasteiger partial charge in [0.2, 0.25) is 0 Å². The van der Waals surface area contributed by atoms with E-state index < -0.39 is 44.2 Å². The zero-order chi connectivity index (χ0) is 19.5. The van der Waals surface area contributed by atoms with E-state index in [4.69, 9.17) is 16.3 Å². The van der Waals surface area contributed by atoms with Crippen LogP contribution in [-0.4, -0.2) is 21.0 Å². The van der Waals surface area contributed by atoms with E-state index in [9.17, 15) is 22.0 Å². The molecule has 4 nitrogen and oxygen atoms in total. The largest absolute Gasteiger partial charge is 0.466 e. The van der Waals surface area contributed by atoms with Crippen molar-refractivity contribution in [1.29, 1.82) is 0 Å². The molecule has 0 amide bonds. The van der Waals surface area contributed by atoms with Gasteiger partial charge in [0.05, 0.1) is 17.4 Å². The number of carbonyl (C=O) groups excluding carboxylic acids is 1. The Labute approximate surface area is 155 Å². The highest BCUT2D eigenvalue weighted by Crippen LogP contribution is 2.37. The van der Waals surface area contributed by atoms with Crippen LogP contribution in [0.5, 0.6) is 0 Å². The smallest absolute Gasteiger partial charge is 0.310 e. The van der Waals surface area contributed by atoms with E-state index in [1.165, 1.54) is 31.2 Å². The van der Waals surface area contributed by atoms with Gasteiger partial charge in [0.1, 0.15) is 16.9 Å². The second-order valence-electron chi connectivity index (χ2n) is 5.63. The Morgan fingerprint density at radius 3 is 2.35 bits per heavy atom. The average Bonchev–Trinajstić information content (AvgIpc) is 2.58. The number of ether oxygens (including phenoxy) is 1. The van der Waals surface area contributed by atoms with Crippen molar-refractivity contribution in [2.24, 2.45) is 5.92 Å². The summed E-state index contributed by atoms with van der Waals surface area (Å²) in [6, 6.07) is 7.71. The molecule has 0 aliphatic heterocycles. The molecule has 0 saturated carbocycles. The Balaban J connectivity index is 2.65. The van der Waals surface area contributed by atoms with E-state index in [-0.39, 0.29) is 11.5 Å². The molecule has 0 radical (unpaired) electrons. The van der Waals surface area contributed by atoms with E-state index in [1.807, 2.05) is 0 Å². The van der Waals surface area contributed by atoms with Crippen molar-refractivity contribution in [2.75, 3.05) is 6.61 Å². The number of hydrogen-bond acceptors (Lipinski definition) is 4. The lowest BCUT2D eigenvalue weighted by atomic mass is 10.00. The van der Waals surface area contributed by atoms with Gasteiger partial charge in [-0.05, 0) is 49.4 Å². The maximum Gasteiger partial charge on any atom is 0.310 e. The van der Waals surface area contributed by atoms with Crippen molar-refractivity contribution in [3.63, 3.8) is 0 Å². The Bertz CT molecular complexity index is 898. The molecule has 0 aliphatic carbocycles. The molecule has 0 spiro atoms. The number of rotatable bonds is 6. The van der Waals surface area contributed by atoms with E-state index in [2.05, 4.69) is 0 Å². The Hall–Kier alpha value is -1.99. The van der Waals surface area contributed by atoms with Gasteiger partial charge < -0.3 is 4.74 Å². The summed E-state index contributed by atoms with van der Waals surface area (Å²) >= 11 is 5.78. The Kier molecular flexibility index (Phi) is 6.36. The number of esters is 1. The summed E-state index contributed by atoms with van der Waals surface area (Å²) in [5.74, 6) is -3.82. The first-order valence-electron chi connectivity index (χ1n) is 7.79. The monoisotopic (exact) mass is 402 g/mol. The summed E-state index contributed by atoms with van der Waals surface area (Å²) in [4.78, 5) is 12.0. The van der Waals surface area contributed by atoms with Crippen molar-refractivity contribution in [3.05, 3.63) is 64.7 Å². The molecule has 2 atom stereocenters. The molecule has 140 valence electrons. The molecule has 0 N–H and O–H groups in total. The molecule has 0 aromatic heterocycles. The van der Waals surface area contributed by atoms with Crippen molar-refractivity contribution >= 4 is 27.4 Å². The van der Waals surface area contributed by atoms with Crippen molar-refractivity contribution in [1.82, 2.24) is 0 Å². The summed E-state index contributed by atoms with van der Waals surface area (Å²) in [5, 5.41) is -1.34. The first-order valence-corrected chi connectivity index (χ1v) is 9.72. The quantitative estimate of drug-likeness (QED) is 0.674. The molecule has 0 bridgehead atoms. The van der Waals surface area contributed by atoms with Crippen LogP contribution in [0.3, 0.4) is 0 Å². The highest BCUT2D eigenvalue weighted by Gasteiger charge is 2.40. The molecule has 26 heavy (non-hydrogen) atoms. The highest BCUT2D eigenvalue weighted by molar-refractivity contribution is 7.91. The average molecular weight is 403 g/mol. The van der Waals surface area contributed by atoms with Gasteiger partial charge in [0.25, 0.3) is 0 Å². The fraction of sp³-hybridized carbons (Fsp3) is 0.278. The highest BCUT2D eigenvalue weighted by atomic mass is 35.5. The van der Waals surface area contributed by atoms with Crippen molar-refractivity contribution in [2.45, 2.75) is 24.0 Å². The summed E-state index contributed by atoms with van der Waals surface area (Å²) in [6.45, 7) is 2.90. The molecular formula is C18H17ClF2O4S. The SMILES string of the molecule is CCOC(=O)C(C)C(c1cc(F)ccc1F)S(=O)(=O)c1ccc(Cl)cc1. The first-order chi connectivity index (χ1) is 12.2. The number of halogens is 3. The van der Waals surface area contributed by atoms with Crippen LogP contribution in [0, 0.1) is 17.6 Å². The third-order valence-corrected chi connectivity index (χ3v) is 6.37. The molecule has 2 rings (SSSR count). The van der Waals surface area contributed by atoms with Gasteiger partial charge in [0.15, 0.2) is 9.84 Å². The summed E-state index contributed by atoms with van der Waals surface area (Å²) < 4.78 is 59.1. The second kappa shape index (κ2) is 8.14. The standard InChI is InChI=1S/C18H17ClF2O4S/c1-3-25-18(22)11(2)17(15-10-13(20)6-9-16(15)21)26(23,24)14-7-4-12(19)5-8-14/h4-11,17H,3H2,1-2H3. The number of carbonyl (C=O) groups is 1. The minimum absolute atomic E-state index is 0.0303. The number of sulfone groups is 1. The summed E-state index contributed by atoms with van der Waals surface area (Å²) in [5.41, 5.74) is -0.430. The molecule has 0 saturated heterocycles. The second-order valence-corrected chi connectivity index (χ2v) is 8.13. The van der Waals surface area contributed by atoms with Gasteiger partial charge in [-0.25, -0.2) is 17.2 Å². The van der Waals surface area contributed by atoms with Crippen LogP contribution < -0.4 is 0 Å². The van der Waals surface area contributed by atoms with Crippen molar-refractivity contribution in [3.8, 4) is 0 Å². The van der Waals surface area contributed by atoms with Gasteiger partial charge in [-0.3, -0.25) is 4.79 Å². The fourth-order valence-electron chi connectivity index (χ4n) is 2.61. The molecule has 2 unspecified atom stereocenters. The van der Waals surface area contributed by atoms with Crippen LogP contribution in [0.4, 0.5) is 8.78 Å². The van der Waals surface area contributed by atoms with E-state index in [0.717, 1.165) is 18.2 Å². The third-order valence-electron chi connectivity index (χ3n) is 3.85. The molecular weight excluding hydrogens is 386 g/mol. The predicted octanol–water partition coefficient (Wildman–Crippen LogP) is 4.33. The fourth-order valence-corrected chi connectivity index (χ4v) is 4.70. The van der Waals surface area contributed by atoms with E-state index in [1.54, 1.807) is 6.92 Å². The zero-order valence-electron chi connectivity index (χ0n) is 14.1. The Morgan fingerprint density at radius 1 is 1.15 bits per heavy atom. The summed E-state index contributed by atoms with van der Waals surface area (Å²) in [7, 11) is -4.24. The lowest BCUT2D eigenvalue weighted by Gasteiger charge is -2.24. The normalized spacial score (nSPS) is 13.9. The maximum atomic E-state index is 14.3. The van der Waals surface area contributed by atoms with Gasteiger partial charge >= 0.3 is 5.97 Å². The molecule has 0 heterocycles. The van der Waals surface area contributed by atoms with Gasteiger partial charge in [-0.15, -0.1) is 0 Å². The van der Waals surface area contributed by atoms with Gasteiger partial charge in [0, 0.05) is 10.6 Å². The number of benzene rings is 2. The molecule has 2 aromatic rings. The zero-order valence-corrected chi connectivity index (χ0v) is 15.7. The predicted molar refractivity (Wildman–Crippen MR) is 93.5 cm³/mol. The van der Waals surface area contributed by atoms with Crippen LogP contribution in [0.25, 0.3) is 0 Å². The van der Waals surface area contributed by atoms with Gasteiger partial charge in [-0.1, -0.05) is 18.5 Å². The van der Waals surface area contributed by atoms with Crippen LogP contribution in [0.1, 0.15) is 24.7 Å². The van der Waals surface area contributed by atoms with Crippen LogP contribution in [0.2, 0.25) is 5.02 Å². The molecule has 8 heteroatoms. The van der Waals surface area contributed by atoms with Crippen molar-refractivity contribution < 1.29 is 26.7 Å². The van der Waals surface area contributed by atoms with Crippen LogP contribution in [0.15, 0.2) is 47.4 Å². The minimum Gasteiger partial charge on any atom is -0.466 e. The third kappa shape index (κ3) is 4.22. The molecule has 0 fully saturated rings. The molecule has 0 aliphatic rings. The topological polar surface area (TPSA) is 60.4 Å². The lowest BCUT2D eigenvalue weighted by molar-refractivity contribution is -0.147. The minimum atomic E-state index is -4.24. The Morgan fingerprint density at radius 2 is 1.77 bits per heavy atom. The van der Waals surface area contributed by atoms with E-state index in [0.29, 0.717) is 5.02 Å². The first kappa shape index (κ1) is 20.3. The molecule has 2 aromatic carbocycles. The van der Waals surface area contributed by atoms with Crippen LogP contribution in [-0.2, 0) is 19.4 Å². The number of hydrogen-bond donors (Lipinski definition) is 0. The van der Waals surface area contributed by atoms with Crippen LogP contribution >= 0.6 is 11.6 Å². The summed E-state index contributed by atoms with van der Waals surface area (Å²) in [6.07, 6.45) is 0. The lowest BCUT2D eigenvalue weighted by Crippen LogP contribution is -2.29.